The van der Waals surface area contributed by atoms with Crippen LogP contribution in [0.3, 0.4) is 0 Å². The maximum Gasteiger partial charge on any atom is 0.328 e. The summed E-state index contributed by atoms with van der Waals surface area (Å²) < 4.78 is 0. The highest BCUT2D eigenvalue weighted by molar-refractivity contribution is 7.19. The van der Waals surface area contributed by atoms with Crippen molar-refractivity contribution in [3.05, 3.63) is 33.8 Å². The molecule has 0 saturated carbocycles. The van der Waals surface area contributed by atoms with Crippen LogP contribution in [0.5, 0.6) is 0 Å². The molecule has 84 valence electrons. The largest absolute Gasteiger partial charge is 0.478 e. The molecule has 0 atom stereocenters. The van der Waals surface area contributed by atoms with E-state index in [2.05, 4.69) is 4.98 Å². The van der Waals surface area contributed by atoms with E-state index in [1.807, 2.05) is 6.07 Å². The number of halogens is 1. The van der Waals surface area contributed by atoms with Gasteiger partial charge in [-0.15, -0.1) is 11.3 Å². The molecule has 0 aliphatic heterocycles. The van der Waals surface area contributed by atoms with Gasteiger partial charge >= 0.3 is 5.97 Å². The number of hydrogen-bond donors (Lipinski definition) is 1. The molecule has 4 nitrogen and oxygen atoms in total. The highest BCUT2D eigenvalue weighted by atomic mass is 35.5. The van der Waals surface area contributed by atoms with Gasteiger partial charge in [0.1, 0.15) is 10.9 Å². The number of carbonyl (C=O) groups is 1. The van der Waals surface area contributed by atoms with E-state index >= 15 is 0 Å². The fraction of sp³-hybridized carbons (Fsp3) is 0. The van der Waals surface area contributed by atoms with E-state index in [-0.39, 0.29) is 0 Å². The summed E-state index contributed by atoms with van der Waals surface area (Å²) in [6, 6.07) is 3.66. The van der Waals surface area contributed by atoms with Crippen LogP contribution in [0, 0.1) is 11.3 Å². The molecule has 17 heavy (non-hydrogen) atoms. The zero-order valence-corrected chi connectivity index (χ0v) is 9.92. The molecule has 2 heterocycles. The second-order valence-corrected chi connectivity index (χ2v) is 4.58. The molecule has 2 aromatic rings. The van der Waals surface area contributed by atoms with Crippen molar-refractivity contribution in [2.45, 2.75) is 0 Å². The number of carboxylic acids is 1. The Hall–Kier alpha value is -1.90. The van der Waals surface area contributed by atoms with Gasteiger partial charge in [0.25, 0.3) is 0 Å². The van der Waals surface area contributed by atoms with Crippen LogP contribution in [0.4, 0.5) is 0 Å². The number of aromatic nitrogens is 1. The molecule has 0 unspecified atom stereocenters. The Morgan fingerprint density at radius 2 is 2.41 bits per heavy atom. The monoisotopic (exact) mass is 264 g/mol. The zero-order chi connectivity index (χ0) is 12.4. The minimum atomic E-state index is -1.01. The lowest BCUT2D eigenvalue weighted by molar-refractivity contribution is -0.131. The summed E-state index contributed by atoms with van der Waals surface area (Å²) in [6.45, 7) is 0. The third-order valence-corrected chi connectivity index (χ3v) is 3.44. The van der Waals surface area contributed by atoms with Gasteiger partial charge in [-0.1, -0.05) is 11.6 Å². The Balaban J connectivity index is 2.55. The lowest BCUT2D eigenvalue weighted by atomic mass is 10.2. The molecule has 0 aromatic carbocycles. The summed E-state index contributed by atoms with van der Waals surface area (Å²) in [6.07, 6.45) is 3.92. The fourth-order valence-corrected chi connectivity index (χ4v) is 2.50. The summed E-state index contributed by atoms with van der Waals surface area (Å²) in [5, 5.41) is 18.3. The number of rotatable bonds is 2. The molecule has 1 N–H and O–H groups in total. The highest BCUT2D eigenvalue weighted by Crippen LogP contribution is 2.32. The van der Waals surface area contributed by atoms with Crippen molar-refractivity contribution in [2.24, 2.45) is 0 Å². The van der Waals surface area contributed by atoms with Crippen LogP contribution >= 0.6 is 22.9 Å². The van der Waals surface area contributed by atoms with Gasteiger partial charge in [-0.2, -0.15) is 5.26 Å². The number of thiophene rings is 1. The van der Waals surface area contributed by atoms with E-state index in [1.165, 1.54) is 23.6 Å². The van der Waals surface area contributed by atoms with Crippen LogP contribution in [0.1, 0.15) is 10.4 Å². The van der Waals surface area contributed by atoms with Crippen LogP contribution in [-0.4, -0.2) is 16.1 Å². The number of fused-ring (bicyclic) bond motifs is 1. The first-order valence-corrected chi connectivity index (χ1v) is 5.70. The van der Waals surface area contributed by atoms with E-state index in [4.69, 9.17) is 22.0 Å². The molecule has 0 radical (unpaired) electrons. The van der Waals surface area contributed by atoms with E-state index in [0.29, 0.717) is 20.8 Å². The van der Waals surface area contributed by atoms with Gasteiger partial charge in [0, 0.05) is 22.5 Å². The summed E-state index contributed by atoms with van der Waals surface area (Å²) in [4.78, 5) is 15.9. The van der Waals surface area contributed by atoms with Crippen LogP contribution in [-0.2, 0) is 4.79 Å². The number of aliphatic carboxylic acids is 1. The van der Waals surface area contributed by atoms with Crippen LogP contribution in [0.25, 0.3) is 16.3 Å². The fourth-order valence-electron chi connectivity index (χ4n) is 1.29. The molecule has 0 saturated heterocycles. The smallest absolute Gasteiger partial charge is 0.328 e. The van der Waals surface area contributed by atoms with Gasteiger partial charge in [0.2, 0.25) is 0 Å². The Labute approximate surface area is 105 Å². The Kier molecular flexibility index (Phi) is 3.09. The summed E-state index contributed by atoms with van der Waals surface area (Å²) in [7, 11) is 0. The van der Waals surface area contributed by atoms with Gasteiger partial charge < -0.3 is 5.11 Å². The van der Waals surface area contributed by atoms with Crippen molar-refractivity contribution in [1.29, 1.82) is 5.26 Å². The molecule has 0 aliphatic rings. The maximum atomic E-state index is 10.4. The minimum absolute atomic E-state index is 0.311. The number of hydrogen-bond acceptors (Lipinski definition) is 4. The van der Waals surface area contributed by atoms with Gasteiger partial charge in [0.05, 0.1) is 10.6 Å². The van der Waals surface area contributed by atoms with Crippen LogP contribution in [0.15, 0.2) is 18.3 Å². The third kappa shape index (κ3) is 2.28. The normalized spacial score (nSPS) is 10.8. The third-order valence-electron chi connectivity index (χ3n) is 2.03. The first-order valence-electron chi connectivity index (χ1n) is 4.51. The molecule has 6 heteroatoms. The average molecular weight is 265 g/mol. The molecule has 0 amide bonds. The molecular weight excluding hydrogens is 260 g/mol. The van der Waals surface area contributed by atoms with E-state index in [1.54, 1.807) is 6.07 Å². The van der Waals surface area contributed by atoms with E-state index in [9.17, 15) is 4.79 Å². The molecule has 0 bridgehead atoms. The predicted octanol–water partition coefficient (Wildman–Crippen LogP) is 2.92. The number of nitriles is 1. The topological polar surface area (TPSA) is 74.0 Å². The highest BCUT2D eigenvalue weighted by Gasteiger charge is 2.09. The van der Waals surface area contributed by atoms with E-state index < -0.39 is 5.97 Å². The van der Waals surface area contributed by atoms with Crippen molar-refractivity contribution in [1.82, 2.24) is 4.98 Å². The van der Waals surface area contributed by atoms with E-state index in [0.717, 1.165) is 11.0 Å². The number of nitrogens with zero attached hydrogens (tertiary/aromatic N) is 2. The van der Waals surface area contributed by atoms with Crippen molar-refractivity contribution < 1.29 is 9.90 Å². The summed E-state index contributed by atoms with van der Waals surface area (Å²) in [5.74, 6) is -1.01. The lowest BCUT2D eigenvalue weighted by Crippen LogP contribution is -1.84. The molecule has 0 fully saturated rings. The Bertz CT molecular complexity index is 670. The predicted molar refractivity (Wildman–Crippen MR) is 66.0 cm³/mol. The quantitative estimate of drug-likeness (QED) is 0.847. The molecule has 2 aromatic heterocycles. The van der Waals surface area contributed by atoms with Crippen molar-refractivity contribution in [3.63, 3.8) is 0 Å². The summed E-state index contributed by atoms with van der Waals surface area (Å²) in [5.41, 5.74) is 0.311. The molecule has 2 rings (SSSR count). The average Bonchev–Trinajstić information content (AvgIpc) is 2.71. The van der Waals surface area contributed by atoms with Crippen molar-refractivity contribution >= 4 is 45.2 Å². The van der Waals surface area contributed by atoms with Crippen molar-refractivity contribution in [2.75, 3.05) is 0 Å². The Morgan fingerprint density at radius 3 is 3.06 bits per heavy atom. The number of carboxylic acid groups (broad SMARTS) is 1. The maximum absolute atomic E-state index is 10.4. The van der Waals surface area contributed by atoms with Gasteiger partial charge in [-0.3, -0.25) is 0 Å². The van der Waals surface area contributed by atoms with Gasteiger partial charge in [0.15, 0.2) is 0 Å². The van der Waals surface area contributed by atoms with Crippen LogP contribution < -0.4 is 0 Å². The van der Waals surface area contributed by atoms with Crippen molar-refractivity contribution in [3.8, 4) is 6.07 Å². The molecular formula is C11H5ClN2O2S. The standard InChI is InChI=1S/C11H5ClN2O2S/c12-10-6(4-13)5-14-11-8(10)3-7(17-11)1-2-9(15)16/h1-3,5H,(H,15,16). The molecule has 0 spiro atoms. The molecule has 0 aliphatic carbocycles. The SMILES string of the molecule is N#Cc1cnc2sc(C=CC(=O)O)cc2c1Cl. The first kappa shape index (κ1) is 11.6. The zero-order valence-electron chi connectivity index (χ0n) is 8.35. The summed E-state index contributed by atoms with van der Waals surface area (Å²) >= 11 is 7.34. The van der Waals surface area contributed by atoms with Gasteiger partial charge in [-0.25, -0.2) is 9.78 Å². The second kappa shape index (κ2) is 4.53. The van der Waals surface area contributed by atoms with Gasteiger partial charge in [-0.05, 0) is 12.1 Å². The Morgan fingerprint density at radius 1 is 1.65 bits per heavy atom. The number of pyridine rings is 1. The minimum Gasteiger partial charge on any atom is -0.478 e. The second-order valence-electron chi connectivity index (χ2n) is 3.14. The lowest BCUT2D eigenvalue weighted by Gasteiger charge is -1.93. The first-order chi connectivity index (χ1) is 8.11. The van der Waals surface area contributed by atoms with Crippen LogP contribution in [0.2, 0.25) is 5.02 Å².